The summed E-state index contributed by atoms with van der Waals surface area (Å²) in [5.41, 5.74) is -1.45. The van der Waals surface area contributed by atoms with Gasteiger partial charge in [-0.05, 0) is 75.7 Å². The summed E-state index contributed by atoms with van der Waals surface area (Å²) in [4.78, 5) is 42.5. The molecular weight excluding hydrogens is 527 g/mol. The van der Waals surface area contributed by atoms with Crippen molar-refractivity contribution in [2.24, 2.45) is 5.92 Å². The first-order valence-electron chi connectivity index (χ1n) is 14.3. The molecule has 12 heteroatoms. The minimum absolute atomic E-state index is 0.000124. The zero-order chi connectivity index (χ0) is 28.7. The van der Waals surface area contributed by atoms with Crippen molar-refractivity contribution in [2.75, 3.05) is 51.3 Å². The second kappa shape index (κ2) is 13.7. The van der Waals surface area contributed by atoms with Gasteiger partial charge in [-0.2, -0.15) is 13.2 Å². The lowest BCUT2D eigenvalue weighted by Gasteiger charge is -2.40. The molecule has 4 rings (SSSR count). The molecule has 40 heavy (non-hydrogen) atoms. The van der Waals surface area contributed by atoms with Crippen LogP contribution in [-0.4, -0.2) is 85.7 Å². The first-order valence-corrected chi connectivity index (χ1v) is 14.3. The molecule has 3 aliphatic rings. The van der Waals surface area contributed by atoms with Crippen LogP contribution in [0.25, 0.3) is 0 Å². The highest BCUT2D eigenvalue weighted by Crippen LogP contribution is 2.33. The molecule has 0 aromatic heterocycles. The molecule has 1 saturated carbocycles. The number of hydrogen-bond donors (Lipinski definition) is 3. The SMILES string of the molecule is CCC[C@H]1C[C@H](N2CCCC2)CC[C@@H]1NC(=O)CNC(=O)c1cc(C(F)(F)F)ccc1NC(=O)N1CCOCC1. The molecule has 1 aliphatic carbocycles. The van der Waals surface area contributed by atoms with E-state index >= 15 is 0 Å². The fourth-order valence-corrected chi connectivity index (χ4v) is 6.05. The van der Waals surface area contributed by atoms with Gasteiger partial charge in [0.05, 0.1) is 36.6 Å². The Hall–Kier alpha value is -2.86. The van der Waals surface area contributed by atoms with E-state index in [-0.39, 0.29) is 29.7 Å². The van der Waals surface area contributed by atoms with Gasteiger partial charge in [-0.15, -0.1) is 0 Å². The molecule has 0 unspecified atom stereocenters. The van der Waals surface area contributed by atoms with Crippen molar-refractivity contribution in [3.63, 3.8) is 0 Å². The average Bonchev–Trinajstić information content (AvgIpc) is 3.48. The minimum Gasteiger partial charge on any atom is -0.378 e. The smallest absolute Gasteiger partial charge is 0.378 e. The van der Waals surface area contributed by atoms with Crippen molar-refractivity contribution in [3.05, 3.63) is 29.3 Å². The normalized spacial score (nSPS) is 24.0. The number of hydrogen-bond acceptors (Lipinski definition) is 5. The van der Waals surface area contributed by atoms with Crippen LogP contribution in [0.2, 0.25) is 0 Å². The Kier molecular flexibility index (Phi) is 10.3. The number of urea groups is 1. The van der Waals surface area contributed by atoms with Gasteiger partial charge in [-0.1, -0.05) is 13.3 Å². The van der Waals surface area contributed by atoms with Crippen LogP contribution in [-0.2, 0) is 15.7 Å². The van der Waals surface area contributed by atoms with E-state index in [0.29, 0.717) is 44.3 Å². The highest BCUT2D eigenvalue weighted by Gasteiger charge is 2.35. The average molecular weight is 568 g/mol. The Morgan fingerprint density at radius 3 is 2.45 bits per heavy atom. The minimum atomic E-state index is -4.68. The van der Waals surface area contributed by atoms with Crippen LogP contribution in [0.3, 0.4) is 0 Å². The standard InChI is InChI=1S/C28H40F3N5O4/c1-2-5-19-16-21(35-10-3-4-11-35)7-9-23(19)33-25(37)18-32-26(38)22-17-20(28(29,30)31)6-8-24(22)34-27(39)36-12-14-40-15-13-36/h6,8,17,19,21,23H,2-5,7,9-16,18H2,1H3,(H,32,38)(H,33,37)(H,34,39)/t19-,21+,23-/m0/s1. The number of ether oxygens (including phenoxy) is 1. The third-order valence-electron chi connectivity index (χ3n) is 8.16. The van der Waals surface area contributed by atoms with Gasteiger partial charge in [0.2, 0.25) is 5.91 Å². The molecule has 3 fully saturated rings. The van der Waals surface area contributed by atoms with Gasteiger partial charge >= 0.3 is 12.2 Å². The summed E-state index contributed by atoms with van der Waals surface area (Å²) in [7, 11) is 0. The third-order valence-corrected chi connectivity index (χ3v) is 8.16. The number of nitrogens with zero attached hydrogens (tertiary/aromatic N) is 2. The Balaban J connectivity index is 1.37. The largest absolute Gasteiger partial charge is 0.416 e. The van der Waals surface area contributed by atoms with E-state index in [0.717, 1.165) is 57.3 Å². The maximum Gasteiger partial charge on any atom is 0.416 e. The quantitative estimate of drug-likeness (QED) is 0.443. The Morgan fingerprint density at radius 2 is 1.77 bits per heavy atom. The van der Waals surface area contributed by atoms with Gasteiger partial charge in [0.1, 0.15) is 0 Å². The zero-order valence-electron chi connectivity index (χ0n) is 23.0. The van der Waals surface area contributed by atoms with Crippen molar-refractivity contribution < 1.29 is 32.3 Å². The molecule has 0 radical (unpaired) electrons. The number of morpholine rings is 1. The van der Waals surface area contributed by atoms with Crippen molar-refractivity contribution in [1.29, 1.82) is 0 Å². The van der Waals surface area contributed by atoms with Crippen molar-refractivity contribution >= 4 is 23.5 Å². The van der Waals surface area contributed by atoms with E-state index in [1.165, 1.54) is 17.7 Å². The number of carbonyl (C=O) groups excluding carboxylic acids is 3. The molecule has 0 spiro atoms. The molecule has 2 heterocycles. The predicted molar refractivity (Wildman–Crippen MR) is 144 cm³/mol. The summed E-state index contributed by atoms with van der Waals surface area (Å²) in [5.74, 6) is -0.916. The van der Waals surface area contributed by atoms with Crippen LogP contribution >= 0.6 is 0 Å². The fourth-order valence-electron chi connectivity index (χ4n) is 6.05. The second-order valence-corrected chi connectivity index (χ2v) is 10.9. The summed E-state index contributed by atoms with van der Waals surface area (Å²) < 4.78 is 45.4. The molecule has 222 valence electrons. The molecule has 9 nitrogen and oxygen atoms in total. The van der Waals surface area contributed by atoms with Gasteiger partial charge in [-0.25, -0.2) is 4.79 Å². The van der Waals surface area contributed by atoms with Crippen LogP contribution in [0, 0.1) is 5.92 Å². The molecule has 2 saturated heterocycles. The number of rotatable bonds is 8. The Bertz CT molecular complexity index is 1040. The lowest BCUT2D eigenvalue weighted by molar-refractivity contribution is -0.137. The molecule has 3 N–H and O–H groups in total. The molecule has 4 amide bonds. The highest BCUT2D eigenvalue weighted by atomic mass is 19.4. The van der Waals surface area contributed by atoms with E-state index in [2.05, 4.69) is 27.8 Å². The van der Waals surface area contributed by atoms with Crippen LogP contribution in [0.4, 0.5) is 23.7 Å². The van der Waals surface area contributed by atoms with Crippen LogP contribution in [0.15, 0.2) is 18.2 Å². The van der Waals surface area contributed by atoms with E-state index < -0.39 is 23.7 Å². The maximum atomic E-state index is 13.4. The van der Waals surface area contributed by atoms with Crippen LogP contribution in [0.5, 0.6) is 0 Å². The predicted octanol–water partition coefficient (Wildman–Crippen LogP) is 3.85. The highest BCUT2D eigenvalue weighted by molar-refractivity contribution is 6.04. The maximum absolute atomic E-state index is 13.4. The number of nitrogens with one attached hydrogen (secondary N) is 3. The lowest BCUT2D eigenvalue weighted by Crippen LogP contribution is -2.50. The van der Waals surface area contributed by atoms with E-state index in [1.54, 1.807) is 0 Å². The second-order valence-electron chi connectivity index (χ2n) is 10.9. The third kappa shape index (κ3) is 7.87. The topological polar surface area (TPSA) is 103 Å². The molecule has 3 atom stereocenters. The molecule has 0 bridgehead atoms. The van der Waals surface area contributed by atoms with Crippen LogP contribution in [0.1, 0.15) is 67.8 Å². The molecular formula is C28H40F3N5O4. The summed E-state index contributed by atoms with van der Waals surface area (Å²) in [6.45, 7) is 5.37. The number of carbonyl (C=O) groups is 3. The Morgan fingerprint density at radius 1 is 1.05 bits per heavy atom. The van der Waals surface area contributed by atoms with E-state index in [4.69, 9.17) is 4.74 Å². The molecule has 1 aromatic carbocycles. The lowest BCUT2D eigenvalue weighted by atomic mass is 9.78. The number of halogens is 3. The number of likely N-dealkylation sites (tertiary alicyclic amines) is 1. The van der Waals surface area contributed by atoms with Gasteiger partial charge < -0.3 is 30.5 Å². The summed E-state index contributed by atoms with van der Waals surface area (Å²) in [6.07, 6.45) is 2.69. The van der Waals surface area contributed by atoms with Crippen molar-refractivity contribution in [2.45, 2.75) is 70.1 Å². The van der Waals surface area contributed by atoms with Gasteiger partial charge in [0, 0.05) is 25.2 Å². The number of alkyl halides is 3. The van der Waals surface area contributed by atoms with Crippen LogP contribution < -0.4 is 16.0 Å². The number of anilines is 1. The summed E-state index contributed by atoms with van der Waals surface area (Å²) >= 11 is 0. The summed E-state index contributed by atoms with van der Waals surface area (Å²) in [6, 6.07) is 2.56. The summed E-state index contributed by atoms with van der Waals surface area (Å²) in [5, 5.41) is 8.04. The molecule has 1 aromatic rings. The van der Waals surface area contributed by atoms with Gasteiger partial charge in [0.15, 0.2) is 0 Å². The monoisotopic (exact) mass is 567 g/mol. The first-order chi connectivity index (χ1) is 19.2. The fraction of sp³-hybridized carbons (Fsp3) is 0.679. The van der Waals surface area contributed by atoms with Crippen molar-refractivity contribution in [1.82, 2.24) is 20.4 Å². The van der Waals surface area contributed by atoms with Crippen molar-refractivity contribution in [3.8, 4) is 0 Å². The van der Waals surface area contributed by atoms with E-state index in [1.807, 2.05) is 0 Å². The number of benzene rings is 1. The Labute approximate surface area is 233 Å². The van der Waals surface area contributed by atoms with E-state index in [9.17, 15) is 27.6 Å². The first kappa shape index (κ1) is 30.1. The van der Waals surface area contributed by atoms with Gasteiger partial charge in [-0.3, -0.25) is 9.59 Å². The molecule has 2 aliphatic heterocycles. The zero-order valence-corrected chi connectivity index (χ0v) is 23.0. The van der Waals surface area contributed by atoms with Gasteiger partial charge in [0.25, 0.3) is 5.91 Å². The number of amides is 4.